The molecule has 4 nitrogen and oxygen atoms in total. The molecule has 0 bridgehead atoms. The van der Waals surface area contributed by atoms with E-state index < -0.39 is 0 Å². The summed E-state index contributed by atoms with van der Waals surface area (Å²) in [4.78, 5) is 0. The summed E-state index contributed by atoms with van der Waals surface area (Å²) in [7, 11) is 0. The number of unbranched alkanes of at least 4 members (excludes halogenated alkanes) is 4. The molecule has 4 N–H and O–H groups in total. The zero-order valence-corrected chi connectivity index (χ0v) is 12.0. The van der Waals surface area contributed by atoms with Gasteiger partial charge in [-0.3, -0.25) is 0 Å². The highest BCUT2D eigenvalue weighted by Gasteiger charge is 2.06. The van der Waals surface area contributed by atoms with Crippen LogP contribution < -0.4 is 0 Å². The predicted octanol–water partition coefficient (Wildman–Crippen LogP) is 1.84. The Kier molecular flexibility index (Phi) is 18.9. The molecule has 0 aliphatic rings. The molecule has 4 heteroatoms. The van der Waals surface area contributed by atoms with E-state index >= 15 is 0 Å². The maximum absolute atomic E-state index is 9.00. The van der Waals surface area contributed by atoms with Crippen molar-refractivity contribution in [1.29, 1.82) is 0 Å². The van der Waals surface area contributed by atoms with Crippen LogP contribution in [0.1, 0.15) is 65.2 Å². The second kappa shape index (κ2) is 16.8. The Hall–Kier alpha value is -0.160. The number of aliphatic hydroxyl groups is 4. The Morgan fingerprint density at radius 1 is 0.667 bits per heavy atom. The van der Waals surface area contributed by atoms with Crippen molar-refractivity contribution in [2.45, 2.75) is 77.4 Å². The van der Waals surface area contributed by atoms with Crippen molar-refractivity contribution in [1.82, 2.24) is 0 Å². The standard InChI is InChI=1S/2C7H16O2/c1-3-6(8)5-7(9)4-2;8-6-4-2-1-3-5-7-9/h6-9H,3-5H2,1-2H3;8-9H,1-7H2. The lowest BCUT2D eigenvalue weighted by Crippen LogP contribution is -2.15. The predicted molar refractivity (Wildman–Crippen MR) is 74.5 cm³/mol. The van der Waals surface area contributed by atoms with Crippen LogP contribution in [0.15, 0.2) is 0 Å². The number of rotatable bonds is 10. The molecule has 0 fully saturated rings. The lowest BCUT2D eigenvalue weighted by atomic mass is 10.1. The minimum atomic E-state index is -0.319. The van der Waals surface area contributed by atoms with Gasteiger partial charge in [0.2, 0.25) is 0 Å². The molecule has 0 aliphatic heterocycles. The summed E-state index contributed by atoms with van der Waals surface area (Å²) >= 11 is 0. The van der Waals surface area contributed by atoms with Crippen LogP contribution >= 0.6 is 0 Å². The van der Waals surface area contributed by atoms with Crippen LogP contribution in [0, 0.1) is 0 Å². The third-order valence-electron chi connectivity index (χ3n) is 2.80. The highest BCUT2D eigenvalue weighted by Crippen LogP contribution is 2.03. The average molecular weight is 264 g/mol. The molecular formula is C14H32O4. The molecule has 112 valence electrons. The monoisotopic (exact) mass is 264 g/mol. The number of hydrogen-bond donors (Lipinski definition) is 4. The first-order chi connectivity index (χ1) is 8.62. The third-order valence-corrected chi connectivity index (χ3v) is 2.80. The molecule has 2 unspecified atom stereocenters. The van der Waals surface area contributed by atoms with E-state index in [0.29, 0.717) is 19.6 Å². The van der Waals surface area contributed by atoms with E-state index in [1.54, 1.807) is 0 Å². The fourth-order valence-corrected chi connectivity index (χ4v) is 1.40. The van der Waals surface area contributed by atoms with E-state index in [9.17, 15) is 0 Å². The summed E-state index contributed by atoms with van der Waals surface area (Å²) < 4.78 is 0. The van der Waals surface area contributed by atoms with E-state index in [0.717, 1.165) is 44.9 Å². The maximum Gasteiger partial charge on any atom is 0.0562 e. The summed E-state index contributed by atoms with van der Waals surface area (Å²) in [6, 6.07) is 0. The van der Waals surface area contributed by atoms with Crippen molar-refractivity contribution in [3.63, 3.8) is 0 Å². The van der Waals surface area contributed by atoms with Crippen molar-refractivity contribution in [2.75, 3.05) is 13.2 Å². The zero-order valence-electron chi connectivity index (χ0n) is 12.0. The Morgan fingerprint density at radius 2 is 1.00 bits per heavy atom. The first-order valence-corrected chi connectivity index (χ1v) is 7.20. The minimum absolute atomic E-state index is 0.305. The molecule has 0 spiro atoms. The highest BCUT2D eigenvalue weighted by atomic mass is 16.3. The molecule has 0 rings (SSSR count). The molecule has 0 aromatic heterocycles. The van der Waals surface area contributed by atoms with Crippen molar-refractivity contribution in [3.8, 4) is 0 Å². The van der Waals surface area contributed by atoms with Crippen molar-refractivity contribution in [2.24, 2.45) is 0 Å². The molecule has 0 saturated carbocycles. The van der Waals surface area contributed by atoms with Crippen LogP contribution in [-0.4, -0.2) is 45.8 Å². The van der Waals surface area contributed by atoms with Crippen LogP contribution in [0.3, 0.4) is 0 Å². The van der Waals surface area contributed by atoms with Gasteiger partial charge in [-0.05, 0) is 32.1 Å². The second-order valence-electron chi connectivity index (χ2n) is 4.57. The van der Waals surface area contributed by atoms with Gasteiger partial charge in [-0.25, -0.2) is 0 Å². The van der Waals surface area contributed by atoms with Gasteiger partial charge < -0.3 is 20.4 Å². The molecule has 0 saturated heterocycles. The Balaban J connectivity index is 0. The zero-order chi connectivity index (χ0) is 14.2. The van der Waals surface area contributed by atoms with Gasteiger partial charge >= 0.3 is 0 Å². The van der Waals surface area contributed by atoms with Crippen LogP contribution in [0.25, 0.3) is 0 Å². The summed E-state index contributed by atoms with van der Waals surface area (Å²) in [5, 5.41) is 34.7. The molecule has 0 aromatic carbocycles. The first kappa shape index (κ1) is 20.2. The van der Waals surface area contributed by atoms with Crippen LogP contribution in [0.5, 0.6) is 0 Å². The second-order valence-corrected chi connectivity index (χ2v) is 4.57. The van der Waals surface area contributed by atoms with Gasteiger partial charge in [-0.15, -0.1) is 0 Å². The van der Waals surface area contributed by atoms with E-state index in [2.05, 4.69) is 0 Å². The molecule has 0 amide bonds. The summed E-state index contributed by atoms with van der Waals surface area (Å²) in [5.41, 5.74) is 0. The summed E-state index contributed by atoms with van der Waals surface area (Å²) in [6.45, 7) is 4.43. The van der Waals surface area contributed by atoms with Crippen LogP contribution in [0.4, 0.5) is 0 Å². The van der Waals surface area contributed by atoms with Gasteiger partial charge in [-0.1, -0.05) is 33.1 Å². The molecule has 18 heavy (non-hydrogen) atoms. The smallest absolute Gasteiger partial charge is 0.0562 e. The van der Waals surface area contributed by atoms with Crippen molar-refractivity contribution >= 4 is 0 Å². The Labute approximate surface area is 112 Å². The van der Waals surface area contributed by atoms with Gasteiger partial charge in [-0.2, -0.15) is 0 Å². The molecular weight excluding hydrogens is 232 g/mol. The minimum Gasteiger partial charge on any atom is -0.396 e. The van der Waals surface area contributed by atoms with Crippen molar-refractivity contribution in [3.05, 3.63) is 0 Å². The molecule has 0 heterocycles. The van der Waals surface area contributed by atoms with Gasteiger partial charge in [0.05, 0.1) is 12.2 Å². The van der Waals surface area contributed by atoms with Gasteiger partial charge in [0.15, 0.2) is 0 Å². The average Bonchev–Trinajstić information content (AvgIpc) is 2.39. The fourth-order valence-electron chi connectivity index (χ4n) is 1.40. The van der Waals surface area contributed by atoms with Gasteiger partial charge in [0, 0.05) is 13.2 Å². The van der Waals surface area contributed by atoms with E-state index in [-0.39, 0.29) is 12.2 Å². The fraction of sp³-hybridized carbons (Fsp3) is 1.00. The van der Waals surface area contributed by atoms with Crippen LogP contribution in [-0.2, 0) is 0 Å². The molecule has 2 atom stereocenters. The SMILES string of the molecule is CCC(O)CC(O)CC.OCCCCCCCO. The Bertz CT molecular complexity index is 128. The number of aliphatic hydroxyl groups excluding tert-OH is 4. The van der Waals surface area contributed by atoms with Crippen molar-refractivity contribution < 1.29 is 20.4 Å². The third kappa shape index (κ3) is 18.2. The summed E-state index contributed by atoms with van der Waals surface area (Å²) in [5.74, 6) is 0. The molecule has 0 aromatic rings. The number of hydrogen-bond acceptors (Lipinski definition) is 4. The van der Waals surface area contributed by atoms with Gasteiger partial charge in [0.25, 0.3) is 0 Å². The normalized spacial score (nSPS) is 13.7. The summed E-state index contributed by atoms with van der Waals surface area (Å²) in [6.07, 6.45) is 6.49. The topological polar surface area (TPSA) is 80.9 Å². The van der Waals surface area contributed by atoms with Crippen LogP contribution in [0.2, 0.25) is 0 Å². The first-order valence-electron chi connectivity index (χ1n) is 7.20. The Morgan fingerprint density at radius 3 is 1.28 bits per heavy atom. The lowest BCUT2D eigenvalue weighted by molar-refractivity contribution is 0.0765. The van der Waals surface area contributed by atoms with E-state index in [4.69, 9.17) is 20.4 Å². The molecule has 0 aliphatic carbocycles. The largest absolute Gasteiger partial charge is 0.396 e. The lowest BCUT2D eigenvalue weighted by Gasteiger charge is -2.11. The van der Waals surface area contributed by atoms with E-state index in [1.165, 1.54) is 0 Å². The molecule has 0 radical (unpaired) electrons. The maximum atomic E-state index is 9.00. The highest BCUT2D eigenvalue weighted by molar-refractivity contribution is 4.59. The quantitative estimate of drug-likeness (QED) is 0.454. The van der Waals surface area contributed by atoms with Gasteiger partial charge in [0.1, 0.15) is 0 Å². The van der Waals surface area contributed by atoms with E-state index in [1.807, 2.05) is 13.8 Å².